The van der Waals surface area contributed by atoms with E-state index in [0.29, 0.717) is 12.0 Å². The number of nitrogens with one attached hydrogen (secondary N) is 1. The van der Waals surface area contributed by atoms with Crippen LogP contribution in [0.2, 0.25) is 15.5 Å². The Labute approximate surface area is 231 Å². The third-order valence-electron chi connectivity index (χ3n) is 3.64. The Morgan fingerprint density at radius 3 is 1.50 bits per heavy atom. The fourth-order valence-electron chi connectivity index (χ4n) is 2.59. The lowest BCUT2D eigenvalue weighted by Crippen LogP contribution is -2.30. The molecule has 0 radical (unpaired) electrons. The highest BCUT2D eigenvalue weighted by Crippen LogP contribution is 2.32. The van der Waals surface area contributed by atoms with E-state index < -0.39 is 15.5 Å². The van der Waals surface area contributed by atoms with Crippen molar-refractivity contribution in [2.75, 3.05) is 32.1 Å². The second-order valence-electron chi connectivity index (χ2n) is 9.66. The molecule has 0 bridgehead atoms. The number of nitrogens with zero attached hydrogens (tertiary/aromatic N) is 7. The molecule has 0 aliphatic rings. The minimum absolute atomic E-state index is 0. The molecule has 0 saturated carbocycles. The van der Waals surface area contributed by atoms with E-state index in [0.717, 1.165) is 12.9 Å². The van der Waals surface area contributed by atoms with Crippen LogP contribution in [0.4, 0.5) is 17.2 Å². The summed E-state index contributed by atoms with van der Waals surface area (Å²) in [6.07, 6.45) is 2.28. The normalized spacial score (nSPS) is 10.6. The molecule has 2 rings (SSSR count). The predicted molar refractivity (Wildman–Crippen MR) is 146 cm³/mol. The molecule has 36 heavy (non-hydrogen) atoms. The lowest BCUT2D eigenvalue weighted by molar-refractivity contribution is -0.385. The van der Waals surface area contributed by atoms with Gasteiger partial charge in [0, 0.05) is 13.6 Å². The van der Waals surface area contributed by atoms with Crippen LogP contribution in [0.1, 0.15) is 41.5 Å². The van der Waals surface area contributed by atoms with E-state index in [4.69, 9.17) is 34.8 Å². The van der Waals surface area contributed by atoms with Crippen LogP contribution in [0, 0.1) is 31.1 Å². The maximum atomic E-state index is 10.9. The summed E-state index contributed by atoms with van der Waals surface area (Å²) in [6.45, 7) is 14.5. The third kappa shape index (κ3) is 13.8. The lowest BCUT2D eigenvalue weighted by atomic mass is 9.96. The van der Waals surface area contributed by atoms with Gasteiger partial charge in [-0.05, 0) is 24.4 Å². The van der Waals surface area contributed by atoms with Crippen molar-refractivity contribution in [1.82, 2.24) is 25.3 Å². The molecule has 2 aromatic rings. The Morgan fingerprint density at radius 2 is 1.22 bits per heavy atom. The van der Waals surface area contributed by atoms with Crippen LogP contribution in [0.5, 0.6) is 0 Å². The fourth-order valence-corrected chi connectivity index (χ4v) is 3.24. The molecule has 2 heterocycles. The van der Waals surface area contributed by atoms with E-state index >= 15 is 0 Å². The number of hydrogen-bond donors (Lipinski definition) is 1. The zero-order valence-electron chi connectivity index (χ0n) is 21.4. The van der Waals surface area contributed by atoms with E-state index in [2.05, 4.69) is 46.0 Å². The second kappa shape index (κ2) is 15.9. The molecular formula is C20H32Cl4N8O4. The Morgan fingerprint density at radius 1 is 0.833 bits per heavy atom. The first kappa shape index (κ1) is 36.0. The van der Waals surface area contributed by atoms with Gasteiger partial charge in [0.1, 0.15) is 12.7 Å². The minimum Gasteiger partial charge on any atom is -0.353 e. The van der Waals surface area contributed by atoms with Crippen LogP contribution >= 0.6 is 47.2 Å². The Bertz CT molecular complexity index is 980. The molecule has 12 nitrogen and oxygen atoms in total. The van der Waals surface area contributed by atoms with Crippen molar-refractivity contribution < 1.29 is 9.85 Å². The highest BCUT2D eigenvalue weighted by molar-refractivity contribution is 6.36. The summed E-state index contributed by atoms with van der Waals surface area (Å²) in [5.41, 5.74) is -0.272. The summed E-state index contributed by atoms with van der Waals surface area (Å²) in [6, 6.07) is 0. The summed E-state index contributed by atoms with van der Waals surface area (Å²) in [4.78, 5) is 35.9. The highest BCUT2D eigenvalue weighted by Gasteiger charge is 2.26. The molecule has 0 saturated heterocycles. The molecule has 0 amide bonds. The quantitative estimate of drug-likeness (QED) is 0.254. The first-order valence-electron chi connectivity index (χ1n) is 10.2. The average Bonchev–Trinajstić information content (AvgIpc) is 2.65. The van der Waals surface area contributed by atoms with Crippen LogP contribution in [-0.4, -0.2) is 57.0 Å². The van der Waals surface area contributed by atoms with Gasteiger partial charge in [0.2, 0.25) is 21.3 Å². The van der Waals surface area contributed by atoms with Crippen LogP contribution in [0.25, 0.3) is 0 Å². The van der Waals surface area contributed by atoms with Gasteiger partial charge >= 0.3 is 11.4 Å². The number of halogens is 4. The van der Waals surface area contributed by atoms with Crippen molar-refractivity contribution in [3.63, 3.8) is 0 Å². The first-order valence-corrected chi connectivity index (χ1v) is 11.4. The number of anilines is 1. The van der Waals surface area contributed by atoms with E-state index in [1.807, 2.05) is 27.8 Å². The summed E-state index contributed by atoms with van der Waals surface area (Å²) >= 11 is 16.4. The van der Waals surface area contributed by atoms with Crippen molar-refractivity contribution >= 4 is 64.4 Å². The van der Waals surface area contributed by atoms with Gasteiger partial charge in [0.15, 0.2) is 0 Å². The SMILES string of the molecule is CN(CC(C)(C)C)c1ncnc(Cl)c1[N+](=O)[O-].CNCC(C)(C)C.Cl.O=[N+]([O-])c1c(Cl)ncnc1Cl. The summed E-state index contributed by atoms with van der Waals surface area (Å²) in [5, 5.41) is 23.6. The zero-order chi connectivity index (χ0) is 27.6. The van der Waals surface area contributed by atoms with Crippen LogP contribution in [-0.2, 0) is 0 Å². The topological polar surface area (TPSA) is 153 Å². The number of rotatable bonds is 5. The minimum atomic E-state index is -0.731. The molecule has 0 aliphatic carbocycles. The average molecular weight is 590 g/mol. The fraction of sp³-hybridized carbons (Fsp3) is 0.600. The van der Waals surface area contributed by atoms with Crippen molar-refractivity contribution in [2.24, 2.45) is 10.8 Å². The molecule has 204 valence electrons. The summed E-state index contributed by atoms with van der Waals surface area (Å²) in [7, 11) is 3.72. The van der Waals surface area contributed by atoms with Crippen molar-refractivity contribution in [1.29, 1.82) is 0 Å². The number of hydrogen-bond acceptors (Lipinski definition) is 10. The molecule has 0 atom stereocenters. The number of nitro groups is 2. The number of aromatic nitrogens is 4. The molecule has 1 N–H and O–H groups in total. The molecule has 16 heteroatoms. The monoisotopic (exact) mass is 588 g/mol. The van der Waals surface area contributed by atoms with E-state index in [1.54, 1.807) is 11.9 Å². The summed E-state index contributed by atoms with van der Waals surface area (Å²) in [5.74, 6) is 0.241. The first-order chi connectivity index (χ1) is 15.9. The largest absolute Gasteiger partial charge is 0.353 e. The van der Waals surface area contributed by atoms with Crippen molar-refractivity contribution in [3.8, 4) is 0 Å². The van der Waals surface area contributed by atoms with Gasteiger partial charge in [-0.15, -0.1) is 12.4 Å². The van der Waals surface area contributed by atoms with Gasteiger partial charge in [-0.25, -0.2) is 19.9 Å². The highest BCUT2D eigenvalue weighted by atomic mass is 35.5. The molecule has 0 aliphatic heterocycles. The van der Waals surface area contributed by atoms with Gasteiger partial charge in [-0.2, -0.15) is 0 Å². The zero-order valence-corrected chi connectivity index (χ0v) is 24.5. The lowest BCUT2D eigenvalue weighted by Gasteiger charge is -2.26. The Kier molecular flexibility index (Phi) is 15.9. The smallest absolute Gasteiger partial charge is 0.348 e. The summed E-state index contributed by atoms with van der Waals surface area (Å²) < 4.78 is 0. The van der Waals surface area contributed by atoms with Gasteiger partial charge in [-0.1, -0.05) is 76.3 Å². The molecule has 0 unspecified atom stereocenters. The predicted octanol–water partition coefficient (Wildman–Crippen LogP) is 5.89. The third-order valence-corrected chi connectivity index (χ3v) is 4.47. The van der Waals surface area contributed by atoms with Gasteiger partial charge < -0.3 is 10.2 Å². The van der Waals surface area contributed by atoms with E-state index in [-0.39, 0.29) is 44.8 Å². The van der Waals surface area contributed by atoms with E-state index in [1.165, 1.54) is 6.33 Å². The van der Waals surface area contributed by atoms with Crippen molar-refractivity contribution in [3.05, 3.63) is 48.3 Å². The maximum Gasteiger partial charge on any atom is 0.348 e. The van der Waals surface area contributed by atoms with Crippen LogP contribution < -0.4 is 10.2 Å². The molecule has 0 fully saturated rings. The molecule has 0 aromatic carbocycles. The Balaban J connectivity index is 0. The van der Waals surface area contributed by atoms with E-state index in [9.17, 15) is 20.2 Å². The van der Waals surface area contributed by atoms with Crippen molar-refractivity contribution in [2.45, 2.75) is 41.5 Å². The van der Waals surface area contributed by atoms with Gasteiger partial charge in [0.25, 0.3) is 0 Å². The standard InChI is InChI=1S/C10H15ClN4O2.C6H15N.C4HCl2N3O2.ClH/c1-10(2,3)5-14(4)9-7(15(16)17)8(11)12-6-13-9;1-6(2,3)5-7-4;5-3-2(9(10)11)4(6)8-1-7-3;/h6H,5H2,1-4H3;7H,5H2,1-4H3;1H;1H. The second-order valence-corrected chi connectivity index (χ2v) is 10.7. The maximum absolute atomic E-state index is 10.9. The van der Waals surface area contributed by atoms with Gasteiger partial charge in [-0.3, -0.25) is 20.2 Å². The molecular weight excluding hydrogens is 558 g/mol. The van der Waals surface area contributed by atoms with Gasteiger partial charge in [0.05, 0.1) is 9.85 Å². The molecule has 0 spiro atoms. The van der Waals surface area contributed by atoms with Crippen LogP contribution in [0.3, 0.4) is 0 Å². The van der Waals surface area contributed by atoms with Crippen LogP contribution in [0.15, 0.2) is 12.7 Å². The Hall–Kier alpha value is -2.12. The molecule has 2 aromatic heterocycles.